The quantitative estimate of drug-likeness (QED) is 0.774. The third-order valence-electron chi connectivity index (χ3n) is 4.34. The van der Waals surface area contributed by atoms with Crippen LogP contribution in [0.5, 0.6) is 0 Å². The number of likely N-dealkylation sites (tertiary alicyclic amines) is 1. The first kappa shape index (κ1) is 17.5. The van der Waals surface area contributed by atoms with Crippen molar-refractivity contribution in [3.8, 4) is 0 Å². The average Bonchev–Trinajstić information content (AvgIpc) is 2.99. The maximum Gasteiger partial charge on any atom is 0.317 e. The molecule has 8 heteroatoms. The normalized spacial score (nSPS) is 27.6. The molecule has 128 valence electrons. The molecular formula is C14H27N3O4S. The second kappa shape index (κ2) is 7.61. The summed E-state index contributed by atoms with van der Waals surface area (Å²) in [6, 6.07) is -0.233. The van der Waals surface area contributed by atoms with Crippen LogP contribution in [0.15, 0.2) is 0 Å². The Kier molecular flexibility index (Phi) is 6.05. The molecule has 0 aromatic heterocycles. The fraction of sp³-hybridized carbons (Fsp3) is 0.929. The number of amides is 2. The van der Waals surface area contributed by atoms with E-state index in [0.29, 0.717) is 6.54 Å². The maximum atomic E-state index is 12.5. The van der Waals surface area contributed by atoms with Gasteiger partial charge in [0.15, 0.2) is 0 Å². The smallest absolute Gasteiger partial charge is 0.317 e. The third-order valence-corrected chi connectivity index (χ3v) is 5.03. The highest BCUT2D eigenvalue weighted by Crippen LogP contribution is 2.19. The molecule has 2 heterocycles. The minimum Gasteiger partial charge on any atom is -0.376 e. The Morgan fingerprint density at radius 2 is 2.09 bits per heavy atom. The van der Waals surface area contributed by atoms with Crippen molar-refractivity contribution in [1.82, 2.24) is 14.9 Å². The molecule has 3 atom stereocenters. The number of sulfonamides is 1. The van der Waals surface area contributed by atoms with Gasteiger partial charge in [-0.05, 0) is 39.0 Å². The maximum absolute atomic E-state index is 12.5. The third kappa shape index (κ3) is 5.10. The Morgan fingerprint density at radius 3 is 2.73 bits per heavy atom. The summed E-state index contributed by atoms with van der Waals surface area (Å²) in [4.78, 5) is 14.2. The van der Waals surface area contributed by atoms with Gasteiger partial charge >= 0.3 is 6.03 Å². The Balaban J connectivity index is 1.89. The van der Waals surface area contributed by atoms with Crippen LogP contribution in [0.1, 0.15) is 39.0 Å². The number of hydrogen-bond donors (Lipinski definition) is 2. The molecule has 2 saturated heterocycles. The first-order valence-electron chi connectivity index (χ1n) is 8.00. The van der Waals surface area contributed by atoms with Crippen LogP contribution in [0.2, 0.25) is 0 Å². The minimum atomic E-state index is -3.24. The number of piperidine rings is 1. The highest BCUT2D eigenvalue weighted by Gasteiger charge is 2.30. The zero-order chi connectivity index (χ0) is 16.2. The zero-order valence-corrected chi connectivity index (χ0v) is 14.2. The van der Waals surface area contributed by atoms with E-state index in [1.165, 1.54) is 0 Å². The summed E-state index contributed by atoms with van der Waals surface area (Å²) in [5.41, 5.74) is 0. The van der Waals surface area contributed by atoms with Crippen LogP contribution in [0.25, 0.3) is 0 Å². The van der Waals surface area contributed by atoms with Crippen molar-refractivity contribution in [3.05, 3.63) is 0 Å². The van der Waals surface area contributed by atoms with Gasteiger partial charge in [-0.15, -0.1) is 0 Å². The molecule has 22 heavy (non-hydrogen) atoms. The van der Waals surface area contributed by atoms with Gasteiger partial charge in [0.05, 0.1) is 18.4 Å². The zero-order valence-electron chi connectivity index (χ0n) is 13.4. The van der Waals surface area contributed by atoms with Gasteiger partial charge in [-0.3, -0.25) is 0 Å². The average molecular weight is 333 g/mol. The molecule has 2 aliphatic heterocycles. The lowest BCUT2D eigenvalue weighted by Crippen LogP contribution is -2.55. The summed E-state index contributed by atoms with van der Waals surface area (Å²) >= 11 is 0. The van der Waals surface area contributed by atoms with E-state index in [1.54, 1.807) is 4.90 Å². The Morgan fingerprint density at radius 1 is 1.32 bits per heavy atom. The first-order valence-corrected chi connectivity index (χ1v) is 9.89. The van der Waals surface area contributed by atoms with E-state index in [-0.39, 0.29) is 30.8 Å². The van der Waals surface area contributed by atoms with Crippen LogP contribution >= 0.6 is 0 Å². The van der Waals surface area contributed by atoms with Crippen LogP contribution in [0, 0.1) is 0 Å². The number of hydrogen-bond acceptors (Lipinski definition) is 4. The fourth-order valence-electron chi connectivity index (χ4n) is 3.10. The number of rotatable bonds is 5. The predicted molar refractivity (Wildman–Crippen MR) is 84.2 cm³/mol. The number of carbonyl (C=O) groups excluding carboxylic acids is 1. The van der Waals surface area contributed by atoms with Crippen LogP contribution in [0.3, 0.4) is 0 Å². The van der Waals surface area contributed by atoms with Crippen molar-refractivity contribution in [2.24, 2.45) is 0 Å². The lowest BCUT2D eigenvalue weighted by molar-refractivity contribution is 0.0801. The van der Waals surface area contributed by atoms with E-state index >= 15 is 0 Å². The van der Waals surface area contributed by atoms with Crippen molar-refractivity contribution >= 4 is 16.1 Å². The van der Waals surface area contributed by atoms with E-state index in [9.17, 15) is 13.2 Å². The lowest BCUT2D eigenvalue weighted by Gasteiger charge is -2.37. The summed E-state index contributed by atoms with van der Waals surface area (Å²) < 4.78 is 30.6. The minimum absolute atomic E-state index is 0.0274. The van der Waals surface area contributed by atoms with Gasteiger partial charge in [-0.25, -0.2) is 17.9 Å². The number of carbonyl (C=O) groups is 1. The summed E-state index contributed by atoms with van der Waals surface area (Å²) in [7, 11) is -3.24. The number of ether oxygens (including phenoxy) is 1. The summed E-state index contributed by atoms with van der Waals surface area (Å²) in [6.45, 7) is 3.66. The van der Waals surface area contributed by atoms with Crippen LogP contribution in [0.4, 0.5) is 4.79 Å². The molecule has 0 saturated carbocycles. The lowest BCUT2D eigenvalue weighted by atomic mass is 10.0. The largest absolute Gasteiger partial charge is 0.376 e. The van der Waals surface area contributed by atoms with E-state index in [4.69, 9.17) is 4.74 Å². The second-order valence-corrected chi connectivity index (χ2v) is 8.09. The topological polar surface area (TPSA) is 87.7 Å². The number of nitrogens with zero attached hydrogens (tertiary/aromatic N) is 1. The molecule has 2 fully saturated rings. The molecule has 0 radical (unpaired) electrons. The van der Waals surface area contributed by atoms with Gasteiger partial charge in [-0.2, -0.15) is 0 Å². The van der Waals surface area contributed by atoms with Crippen molar-refractivity contribution in [3.63, 3.8) is 0 Å². The fourth-order valence-corrected chi connectivity index (χ4v) is 3.59. The molecule has 0 aliphatic carbocycles. The standard InChI is InChI=1S/C14H27N3O4S/c1-11(13-7-5-9-21-13)16-14(18)17-8-4-3-6-12(17)10-15-22(2,19)20/h11-13,15H,3-10H2,1-2H3,(H,16,18)/t11-,12-,13-/m0/s1. The van der Waals surface area contributed by atoms with Crippen molar-refractivity contribution in [2.75, 3.05) is 26.0 Å². The molecular weight excluding hydrogens is 306 g/mol. The highest BCUT2D eigenvalue weighted by molar-refractivity contribution is 7.88. The van der Waals surface area contributed by atoms with Gasteiger partial charge in [0.1, 0.15) is 0 Å². The van der Waals surface area contributed by atoms with E-state index in [1.807, 2.05) is 6.92 Å². The Labute approximate surface area is 132 Å². The van der Waals surface area contributed by atoms with Gasteiger partial charge in [0.2, 0.25) is 10.0 Å². The molecule has 0 aromatic rings. The van der Waals surface area contributed by atoms with E-state index in [2.05, 4.69) is 10.0 Å². The van der Waals surface area contributed by atoms with Gasteiger partial charge in [0, 0.05) is 25.7 Å². The molecule has 0 aromatic carbocycles. The van der Waals surface area contributed by atoms with Crippen molar-refractivity contribution < 1.29 is 17.9 Å². The number of urea groups is 1. The van der Waals surface area contributed by atoms with E-state index < -0.39 is 10.0 Å². The SMILES string of the molecule is C[C@H](NC(=O)N1CCCC[C@H]1CNS(C)(=O)=O)[C@@H]1CCCO1. The summed E-state index contributed by atoms with van der Waals surface area (Å²) in [6.07, 6.45) is 6.03. The van der Waals surface area contributed by atoms with Gasteiger partial charge in [-0.1, -0.05) is 0 Å². The van der Waals surface area contributed by atoms with Crippen LogP contribution < -0.4 is 10.0 Å². The van der Waals surface area contributed by atoms with Crippen molar-refractivity contribution in [1.29, 1.82) is 0 Å². The molecule has 2 amide bonds. The van der Waals surface area contributed by atoms with Gasteiger partial charge in [0.25, 0.3) is 0 Å². The molecule has 0 spiro atoms. The molecule has 0 bridgehead atoms. The predicted octanol–water partition coefficient (Wildman–Crippen LogP) is 0.667. The molecule has 2 N–H and O–H groups in total. The van der Waals surface area contributed by atoms with Crippen LogP contribution in [-0.2, 0) is 14.8 Å². The van der Waals surface area contributed by atoms with Gasteiger partial charge < -0.3 is 15.0 Å². The van der Waals surface area contributed by atoms with Crippen LogP contribution in [-0.4, -0.2) is 63.5 Å². The van der Waals surface area contributed by atoms with Crippen molar-refractivity contribution in [2.45, 2.75) is 57.2 Å². The number of nitrogens with one attached hydrogen (secondary N) is 2. The Hall–Kier alpha value is -0.860. The Bertz CT molecular complexity index is 476. The summed E-state index contributed by atoms with van der Waals surface area (Å²) in [5.74, 6) is 0. The highest BCUT2D eigenvalue weighted by atomic mass is 32.2. The van der Waals surface area contributed by atoms with E-state index in [0.717, 1.165) is 45.0 Å². The molecule has 0 unspecified atom stereocenters. The molecule has 7 nitrogen and oxygen atoms in total. The molecule has 2 rings (SSSR count). The monoisotopic (exact) mass is 333 g/mol. The second-order valence-electron chi connectivity index (χ2n) is 6.25. The molecule has 2 aliphatic rings. The first-order chi connectivity index (χ1) is 10.4. The summed E-state index contributed by atoms with van der Waals surface area (Å²) in [5, 5.41) is 3.00.